The van der Waals surface area contributed by atoms with Crippen molar-refractivity contribution in [3.8, 4) is 0 Å². The highest BCUT2D eigenvalue weighted by Crippen LogP contribution is 2.22. The van der Waals surface area contributed by atoms with Crippen LogP contribution in [0.15, 0.2) is 12.7 Å². The van der Waals surface area contributed by atoms with Gasteiger partial charge in [-0.15, -0.1) is 6.58 Å². The van der Waals surface area contributed by atoms with Crippen LogP contribution in [0.1, 0.15) is 13.8 Å². The van der Waals surface area contributed by atoms with Crippen LogP contribution in [0.4, 0.5) is 4.39 Å². The van der Waals surface area contributed by atoms with Gasteiger partial charge < -0.3 is 5.11 Å². The Kier molecular flexibility index (Phi) is 2.57. The van der Waals surface area contributed by atoms with Crippen LogP contribution >= 0.6 is 0 Å². The third kappa shape index (κ3) is 1.56. The summed E-state index contributed by atoms with van der Waals surface area (Å²) in [7, 11) is 0. The Morgan fingerprint density at radius 1 is 1.90 bits per heavy atom. The molecule has 0 rings (SSSR count). The minimum Gasteiger partial charge on any atom is -0.479 e. The highest BCUT2D eigenvalue weighted by molar-refractivity contribution is 5.77. The smallest absolute Gasteiger partial charge is 0.341 e. The van der Waals surface area contributed by atoms with Gasteiger partial charge in [-0.25, -0.2) is 9.18 Å². The lowest BCUT2D eigenvalue weighted by molar-refractivity contribution is -0.151. The van der Waals surface area contributed by atoms with Gasteiger partial charge in [-0.05, 0) is 6.92 Å². The maximum Gasteiger partial charge on any atom is 0.341 e. The van der Waals surface area contributed by atoms with E-state index >= 15 is 0 Å². The molecule has 0 fully saturated rings. The quantitative estimate of drug-likeness (QED) is 0.614. The number of carboxylic acids is 1. The molecule has 0 radical (unpaired) electrons. The number of rotatable bonds is 3. The Morgan fingerprint density at radius 2 is 2.30 bits per heavy atom. The summed E-state index contributed by atoms with van der Waals surface area (Å²) in [6.45, 7) is 5.81. The summed E-state index contributed by atoms with van der Waals surface area (Å²) < 4.78 is 12.9. The molecule has 1 N–H and O–H groups in total. The van der Waals surface area contributed by atoms with E-state index in [1.165, 1.54) is 13.0 Å². The maximum atomic E-state index is 12.9. The van der Waals surface area contributed by atoms with Gasteiger partial charge in [0.1, 0.15) is 0 Å². The molecule has 2 nitrogen and oxygen atoms in total. The van der Waals surface area contributed by atoms with E-state index < -0.39 is 17.6 Å². The Hall–Kier alpha value is -0.860. The molecule has 58 valence electrons. The van der Waals surface area contributed by atoms with Crippen LogP contribution in [-0.4, -0.2) is 16.7 Å². The average Bonchev–Trinajstić information content (AvgIpc) is 1.86. The SMILES string of the molecule is C=C[C@@H](C)[C@](C)(F)C(=O)O. The summed E-state index contributed by atoms with van der Waals surface area (Å²) in [5.41, 5.74) is -2.19. The van der Waals surface area contributed by atoms with Gasteiger partial charge in [0.15, 0.2) is 0 Å². The van der Waals surface area contributed by atoms with Crippen LogP contribution < -0.4 is 0 Å². The van der Waals surface area contributed by atoms with Crippen molar-refractivity contribution in [2.24, 2.45) is 5.92 Å². The number of carboxylic acid groups (broad SMARTS) is 1. The lowest BCUT2D eigenvalue weighted by atomic mass is 9.93. The van der Waals surface area contributed by atoms with Gasteiger partial charge in [-0.1, -0.05) is 13.0 Å². The number of carbonyl (C=O) groups is 1. The first kappa shape index (κ1) is 9.14. The van der Waals surface area contributed by atoms with E-state index in [9.17, 15) is 9.18 Å². The molecule has 3 heteroatoms. The lowest BCUT2D eigenvalue weighted by Crippen LogP contribution is -2.35. The molecule has 0 amide bonds. The van der Waals surface area contributed by atoms with E-state index in [2.05, 4.69) is 6.58 Å². The fourth-order valence-electron chi connectivity index (χ4n) is 0.416. The van der Waals surface area contributed by atoms with Crippen LogP contribution in [0.5, 0.6) is 0 Å². The number of hydrogen-bond donors (Lipinski definition) is 1. The maximum absolute atomic E-state index is 12.9. The molecule has 0 aliphatic rings. The van der Waals surface area contributed by atoms with Crippen molar-refractivity contribution in [3.63, 3.8) is 0 Å². The fourth-order valence-corrected chi connectivity index (χ4v) is 0.416. The van der Waals surface area contributed by atoms with Gasteiger partial charge >= 0.3 is 5.97 Å². The van der Waals surface area contributed by atoms with Crippen molar-refractivity contribution in [1.82, 2.24) is 0 Å². The van der Waals surface area contributed by atoms with Gasteiger partial charge in [0.05, 0.1) is 0 Å². The molecular formula is C7H11FO2. The highest BCUT2D eigenvalue weighted by atomic mass is 19.1. The van der Waals surface area contributed by atoms with E-state index in [1.807, 2.05) is 0 Å². The molecule has 10 heavy (non-hydrogen) atoms. The van der Waals surface area contributed by atoms with Crippen molar-refractivity contribution in [2.45, 2.75) is 19.5 Å². The second-order valence-corrected chi connectivity index (χ2v) is 2.41. The van der Waals surface area contributed by atoms with Gasteiger partial charge in [0.2, 0.25) is 5.67 Å². The minimum absolute atomic E-state index is 0.662. The molecule has 2 atom stereocenters. The van der Waals surface area contributed by atoms with Crippen LogP contribution in [0, 0.1) is 5.92 Å². The number of allylic oxidation sites excluding steroid dienone is 1. The first-order valence-corrected chi connectivity index (χ1v) is 2.97. The Labute approximate surface area is 59.4 Å². The summed E-state index contributed by atoms with van der Waals surface area (Å²) in [6, 6.07) is 0. The van der Waals surface area contributed by atoms with Crippen LogP contribution in [0.3, 0.4) is 0 Å². The second-order valence-electron chi connectivity index (χ2n) is 2.41. The summed E-state index contributed by atoms with van der Waals surface area (Å²) in [5.74, 6) is -2.11. The largest absolute Gasteiger partial charge is 0.479 e. The van der Waals surface area contributed by atoms with E-state index in [0.29, 0.717) is 0 Å². The van der Waals surface area contributed by atoms with Crippen molar-refractivity contribution in [1.29, 1.82) is 0 Å². The summed E-state index contributed by atoms with van der Waals surface area (Å²) >= 11 is 0. The zero-order valence-corrected chi connectivity index (χ0v) is 6.10. The molecule has 0 spiro atoms. The van der Waals surface area contributed by atoms with E-state index in [-0.39, 0.29) is 0 Å². The molecule has 0 aliphatic carbocycles. The van der Waals surface area contributed by atoms with Crippen LogP contribution in [0.25, 0.3) is 0 Å². The molecule has 0 aromatic carbocycles. The predicted molar refractivity (Wildman–Crippen MR) is 36.5 cm³/mol. The third-order valence-electron chi connectivity index (χ3n) is 1.63. The summed E-state index contributed by atoms with van der Waals surface area (Å²) in [6.07, 6.45) is 1.29. The van der Waals surface area contributed by atoms with E-state index in [0.717, 1.165) is 6.92 Å². The van der Waals surface area contributed by atoms with Crippen LogP contribution in [0.2, 0.25) is 0 Å². The average molecular weight is 146 g/mol. The fraction of sp³-hybridized carbons (Fsp3) is 0.571. The molecular weight excluding hydrogens is 135 g/mol. The first-order chi connectivity index (χ1) is 4.42. The van der Waals surface area contributed by atoms with E-state index in [4.69, 9.17) is 5.11 Å². The molecule has 0 saturated heterocycles. The molecule has 0 saturated carbocycles. The molecule has 0 unspecified atom stereocenters. The van der Waals surface area contributed by atoms with Crippen molar-refractivity contribution in [2.75, 3.05) is 0 Å². The highest BCUT2D eigenvalue weighted by Gasteiger charge is 2.37. The number of hydrogen-bond acceptors (Lipinski definition) is 1. The van der Waals surface area contributed by atoms with Gasteiger partial charge in [0, 0.05) is 5.92 Å². The van der Waals surface area contributed by atoms with Gasteiger partial charge in [-0.2, -0.15) is 0 Å². The zero-order valence-electron chi connectivity index (χ0n) is 6.10. The van der Waals surface area contributed by atoms with Crippen molar-refractivity contribution in [3.05, 3.63) is 12.7 Å². The minimum atomic E-state index is -2.19. The molecule has 0 aliphatic heterocycles. The Morgan fingerprint density at radius 3 is 2.40 bits per heavy atom. The van der Waals surface area contributed by atoms with E-state index in [1.54, 1.807) is 0 Å². The molecule has 0 aromatic rings. The number of aliphatic carboxylic acids is 1. The summed E-state index contributed by atoms with van der Waals surface area (Å²) in [4.78, 5) is 10.2. The Bertz CT molecular complexity index is 152. The normalized spacial score (nSPS) is 19.1. The Balaban J connectivity index is 4.38. The van der Waals surface area contributed by atoms with Crippen LogP contribution in [-0.2, 0) is 4.79 Å². The monoisotopic (exact) mass is 146 g/mol. The van der Waals surface area contributed by atoms with Gasteiger partial charge in [0.25, 0.3) is 0 Å². The number of halogens is 1. The van der Waals surface area contributed by atoms with Crippen molar-refractivity contribution >= 4 is 5.97 Å². The zero-order chi connectivity index (χ0) is 8.36. The first-order valence-electron chi connectivity index (χ1n) is 2.97. The molecule has 0 aromatic heterocycles. The molecule has 0 bridgehead atoms. The topological polar surface area (TPSA) is 37.3 Å². The standard InChI is InChI=1S/C7H11FO2/c1-4-5(2)7(3,8)6(9)10/h4-5H,1H2,2-3H3,(H,9,10)/t5-,7+/m1/s1. The third-order valence-corrected chi connectivity index (χ3v) is 1.63. The lowest BCUT2D eigenvalue weighted by Gasteiger charge is -2.19. The number of alkyl halides is 1. The van der Waals surface area contributed by atoms with Crippen molar-refractivity contribution < 1.29 is 14.3 Å². The second kappa shape index (κ2) is 2.82. The molecule has 0 heterocycles. The van der Waals surface area contributed by atoms with Gasteiger partial charge in [-0.3, -0.25) is 0 Å². The predicted octanol–water partition coefficient (Wildman–Crippen LogP) is 1.62. The summed E-state index contributed by atoms with van der Waals surface area (Å²) in [5, 5.41) is 8.32.